The van der Waals surface area contributed by atoms with Crippen molar-refractivity contribution >= 4 is 34.9 Å². The lowest BCUT2D eigenvalue weighted by Crippen LogP contribution is -2.30. The van der Waals surface area contributed by atoms with Gasteiger partial charge in [-0.3, -0.25) is 0 Å². The molecule has 0 unspecified atom stereocenters. The molecule has 2 N–H and O–H groups in total. The molecule has 2 aromatic carbocycles. The molecule has 1 heterocycles. The maximum atomic E-state index is 11.7. The minimum Gasteiger partial charge on any atom is -0.478 e. The van der Waals surface area contributed by atoms with E-state index < -0.39 is 5.97 Å². The summed E-state index contributed by atoms with van der Waals surface area (Å²) in [5.41, 5.74) is 2.96. The van der Waals surface area contributed by atoms with E-state index in [4.69, 9.17) is 23.2 Å². The third kappa shape index (κ3) is 2.40. The SMILES string of the molecule is O=C(O)c1ccc(Cl)c2c1[C@@H]1C=CC[C@H]1[C@@H](c1ccc(Cl)cc1)N2. The minimum absolute atomic E-state index is 0.0479. The van der Waals surface area contributed by atoms with E-state index in [1.807, 2.05) is 24.3 Å². The fourth-order valence-corrected chi connectivity index (χ4v) is 4.21. The largest absolute Gasteiger partial charge is 0.478 e. The van der Waals surface area contributed by atoms with Gasteiger partial charge >= 0.3 is 5.97 Å². The van der Waals surface area contributed by atoms with Crippen LogP contribution < -0.4 is 5.32 Å². The topological polar surface area (TPSA) is 49.3 Å². The van der Waals surface area contributed by atoms with Crippen molar-refractivity contribution in [2.75, 3.05) is 5.32 Å². The van der Waals surface area contributed by atoms with Crippen LogP contribution in [0.25, 0.3) is 0 Å². The monoisotopic (exact) mass is 359 g/mol. The highest BCUT2D eigenvalue weighted by molar-refractivity contribution is 6.33. The third-order valence-corrected chi connectivity index (χ3v) is 5.50. The summed E-state index contributed by atoms with van der Waals surface area (Å²) in [6.45, 7) is 0. The van der Waals surface area contributed by atoms with Crippen LogP contribution in [0.15, 0.2) is 48.6 Å². The fourth-order valence-electron chi connectivity index (χ4n) is 3.86. The number of nitrogens with one attached hydrogen (secondary N) is 1. The lowest BCUT2D eigenvalue weighted by atomic mass is 9.75. The zero-order chi connectivity index (χ0) is 16.8. The predicted molar refractivity (Wildman–Crippen MR) is 96.2 cm³/mol. The zero-order valence-corrected chi connectivity index (χ0v) is 14.2. The van der Waals surface area contributed by atoms with Gasteiger partial charge in [0, 0.05) is 10.9 Å². The van der Waals surface area contributed by atoms with Crippen LogP contribution in [0.5, 0.6) is 0 Å². The zero-order valence-electron chi connectivity index (χ0n) is 12.7. The van der Waals surface area contributed by atoms with Crippen LogP contribution in [0.1, 0.15) is 39.9 Å². The Bertz CT molecular complexity index is 845. The summed E-state index contributed by atoms with van der Waals surface area (Å²) in [7, 11) is 0. The van der Waals surface area contributed by atoms with Gasteiger partial charge in [-0.1, -0.05) is 47.5 Å². The second-order valence-corrected chi connectivity index (χ2v) is 7.06. The van der Waals surface area contributed by atoms with E-state index in [1.54, 1.807) is 12.1 Å². The molecule has 0 amide bonds. The van der Waals surface area contributed by atoms with Gasteiger partial charge in [-0.15, -0.1) is 0 Å². The number of halogens is 2. The molecule has 1 aliphatic heterocycles. The minimum atomic E-state index is -0.922. The Balaban J connectivity index is 1.86. The van der Waals surface area contributed by atoms with E-state index in [2.05, 4.69) is 17.5 Å². The summed E-state index contributed by atoms with van der Waals surface area (Å²) in [5.74, 6) is -0.615. The molecule has 0 radical (unpaired) electrons. The van der Waals surface area contributed by atoms with Crippen molar-refractivity contribution in [1.29, 1.82) is 0 Å². The van der Waals surface area contributed by atoms with Gasteiger partial charge in [-0.05, 0) is 47.7 Å². The van der Waals surface area contributed by atoms with E-state index in [0.29, 0.717) is 15.6 Å². The normalized spacial score (nSPS) is 24.2. The summed E-state index contributed by atoms with van der Waals surface area (Å²) in [6, 6.07) is 11.1. The van der Waals surface area contributed by atoms with Gasteiger partial charge in [0.15, 0.2) is 0 Å². The van der Waals surface area contributed by atoms with Crippen LogP contribution in [0, 0.1) is 5.92 Å². The van der Waals surface area contributed by atoms with Crippen LogP contribution in [0.4, 0.5) is 5.69 Å². The number of aromatic carboxylic acids is 1. The molecule has 5 heteroatoms. The number of rotatable bonds is 2. The van der Waals surface area contributed by atoms with E-state index in [9.17, 15) is 9.90 Å². The molecule has 0 saturated heterocycles. The predicted octanol–water partition coefficient (Wildman–Crippen LogP) is 5.52. The number of hydrogen-bond donors (Lipinski definition) is 2. The number of hydrogen-bond acceptors (Lipinski definition) is 2. The van der Waals surface area contributed by atoms with E-state index >= 15 is 0 Å². The van der Waals surface area contributed by atoms with Crippen molar-refractivity contribution in [3.05, 3.63) is 75.3 Å². The first-order valence-corrected chi connectivity index (χ1v) is 8.56. The summed E-state index contributed by atoms with van der Waals surface area (Å²) in [5, 5.41) is 14.3. The molecule has 1 aliphatic carbocycles. The quantitative estimate of drug-likeness (QED) is 0.694. The van der Waals surface area contributed by atoms with E-state index in [1.165, 1.54) is 0 Å². The maximum Gasteiger partial charge on any atom is 0.336 e. The van der Waals surface area contributed by atoms with Crippen LogP contribution in [-0.2, 0) is 0 Å². The summed E-state index contributed by atoms with van der Waals surface area (Å²) in [4.78, 5) is 11.7. The van der Waals surface area contributed by atoms with Crippen molar-refractivity contribution in [1.82, 2.24) is 0 Å². The fraction of sp³-hybridized carbons (Fsp3) is 0.211. The molecule has 2 aromatic rings. The van der Waals surface area contributed by atoms with Gasteiger partial charge in [0.2, 0.25) is 0 Å². The smallest absolute Gasteiger partial charge is 0.336 e. The number of allylic oxidation sites excluding steroid dienone is 2. The van der Waals surface area contributed by atoms with Crippen LogP contribution in [0.2, 0.25) is 10.0 Å². The molecule has 2 aliphatic rings. The lowest BCUT2D eigenvalue weighted by Gasteiger charge is -2.38. The first-order valence-electron chi connectivity index (χ1n) is 7.80. The van der Waals surface area contributed by atoms with Crippen LogP contribution in [-0.4, -0.2) is 11.1 Å². The standard InChI is InChI=1S/C19H15Cl2NO2/c20-11-6-4-10(5-7-11)17-13-3-1-2-12(13)16-14(19(23)24)8-9-15(21)18(16)22-17/h1-2,4-9,12-13,17,22H,3H2,(H,23,24)/t12-,13-,17-/m1/s1. The number of carboxylic acid groups (broad SMARTS) is 1. The van der Waals surface area contributed by atoms with Crippen molar-refractivity contribution in [3.63, 3.8) is 0 Å². The first-order chi connectivity index (χ1) is 11.6. The summed E-state index contributed by atoms with van der Waals surface area (Å²) < 4.78 is 0. The highest BCUT2D eigenvalue weighted by Gasteiger charge is 2.40. The number of anilines is 1. The molecule has 3 atom stereocenters. The lowest BCUT2D eigenvalue weighted by molar-refractivity contribution is 0.0695. The van der Waals surface area contributed by atoms with Gasteiger partial charge in [-0.2, -0.15) is 0 Å². The molecule has 0 aromatic heterocycles. The first kappa shape index (κ1) is 15.6. The van der Waals surface area contributed by atoms with Crippen LogP contribution >= 0.6 is 23.2 Å². The molecule has 4 rings (SSSR count). The maximum absolute atomic E-state index is 11.7. The Kier molecular flexibility index (Phi) is 3.78. The third-order valence-electron chi connectivity index (χ3n) is 4.93. The summed E-state index contributed by atoms with van der Waals surface area (Å²) >= 11 is 12.4. The average Bonchev–Trinajstić information content (AvgIpc) is 3.05. The highest BCUT2D eigenvalue weighted by atomic mass is 35.5. The second kappa shape index (κ2) is 5.83. The summed E-state index contributed by atoms with van der Waals surface area (Å²) in [6.07, 6.45) is 5.13. The van der Waals surface area contributed by atoms with Gasteiger partial charge in [0.25, 0.3) is 0 Å². The number of carbonyl (C=O) groups is 1. The van der Waals surface area contributed by atoms with Gasteiger partial charge < -0.3 is 10.4 Å². The second-order valence-electron chi connectivity index (χ2n) is 6.22. The molecule has 0 saturated carbocycles. The van der Waals surface area contributed by atoms with Crippen LogP contribution in [0.3, 0.4) is 0 Å². The Hall–Kier alpha value is -1.97. The van der Waals surface area contributed by atoms with Crippen molar-refractivity contribution < 1.29 is 9.90 Å². The molecular weight excluding hydrogens is 345 g/mol. The van der Waals surface area contributed by atoms with Crippen molar-refractivity contribution in [2.45, 2.75) is 18.4 Å². The molecule has 0 spiro atoms. The van der Waals surface area contributed by atoms with Gasteiger partial charge in [0.05, 0.1) is 22.3 Å². The molecule has 3 nitrogen and oxygen atoms in total. The molecule has 24 heavy (non-hydrogen) atoms. The van der Waals surface area contributed by atoms with Gasteiger partial charge in [0.1, 0.15) is 0 Å². The van der Waals surface area contributed by atoms with Crippen molar-refractivity contribution in [3.8, 4) is 0 Å². The average molecular weight is 360 g/mol. The van der Waals surface area contributed by atoms with E-state index in [-0.39, 0.29) is 17.9 Å². The Morgan fingerprint density at radius 2 is 1.88 bits per heavy atom. The highest BCUT2D eigenvalue weighted by Crippen LogP contribution is 2.52. The number of carboxylic acids is 1. The van der Waals surface area contributed by atoms with Gasteiger partial charge in [-0.25, -0.2) is 4.79 Å². The number of fused-ring (bicyclic) bond motifs is 3. The Morgan fingerprint density at radius 3 is 2.58 bits per heavy atom. The molecule has 0 fully saturated rings. The Labute approximate surface area is 149 Å². The number of benzene rings is 2. The molecular formula is C19H15Cl2NO2. The Morgan fingerprint density at radius 1 is 1.12 bits per heavy atom. The van der Waals surface area contributed by atoms with E-state index in [0.717, 1.165) is 23.2 Å². The van der Waals surface area contributed by atoms with Crippen molar-refractivity contribution in [2.24, 2.45) is 5.92 Å². The molecule has 122 valence electrons. The molecule has 0 bridgehead atoms.